The molecule has 1 aliphatic rings. The zero-order valence-corrected chi connectivity index (χ0v) is 11.1. The molecule has 0 heterocycles. The zero-order valence-electron chi connectivity index (χ0n) is 11.1. The normalized spacial score (nSPS) is 14.8. The van der Waals surface area contributed by atoms with Crippen molar-refractivity contribution in [2.45, 2.75) is 40.0 Å². The quantitative estimate of drug-likeness (QED) is 0.686. The Morgan fingerprint density at radius 1 is 1.06 bits per heavy atom. The van der Waals surface area contributed by atoms with E-state index in [1.54, 1.807) is 0 Å². The Bertz CT molecular complexity index is 374. The lowest BCUT2D eigenvalue weighted by atomic mass is 10.2. The van der Waals surface area contributed by atoms with E-state index in [1.165, 1.54) is 12.0 Å². The van der Waals surface area contributed by atoms with Crippen LogP contribution < -0.4 is 4.74 Å². The highest BCUT2D eigenvalue weighted by Gasteiger charge is 2.04. The smallest absolute Gasteiger partial charge is 0.126 e. The minimum atomic E-state index is 0.929. The molecule has 0 bridgehead atoms. The Kier molecular flexibility index (Phi) is 6.16. The lowest BCUT2D eigenvalue weighted by molar-refractivity contribution is 0.400. The van der Waals surface area contributed by atoms with Gasteiger partial charge >= 0.3 is 0 Å². The molecule has 0 amide bonds. The lowest BCUT2D eigenvalue weighted by Crippen LogP contribution is -1.94. The molecule has 0 saturated heterocycles. The van der Waals surface area contributed by atoms with E-state index in [0.717, 1.165) is 24.4 Å². The van der Waals surface area contributed by atoms with Crippen molar-refractivity contribution >= 4 is 0 Å². The van der Waals surface area contributed by atoms with Crippen LogP contribution in [0, 0.1) is 0 Å². The van der Waals surface area contributed by atoms with Crippen LogP contribution in [0.3, 0.4) is 0 Å². The van der Waals surface area contributed by atoms with Crippen molar-refractivity contribution in [2.24, 2.45) is 0 Å². The Labute approximate surface area is 105 Å². The van der Waals surface area contributed by atoms with Gasteiger partial charge in [0.1, 0.15) is 11.5 Å². The zero-order chi connectivity index (χ0) is 12.5. The monoisotopic (exact) mass is 230 g/mol. The summed E-state index contributed by atoms with van der Waals surface area (Å²) < 4.78 is 5.83. The summed E-state index contributed by atoms with van der Waals surface area (Å²) in [6.07, 6.45) is 7.77. The molecule has 0 fully saturated rings. The standard InChI is InChI=1S/C14H16O.C2H6/c1-12-7-5-6-10-14(11-12)15-13-8-3-2-4-9-13;1-2/h2-4,7-9,11H,5-6,10H2,1H3;1-2H3. The van der Waals surface area contributed by atoms with Gasteiger partial charge in [-0.3, -0.25) is 0 Å². The molecule has 17 heavy (non-hydrogen) atoms. The molecule has 1 aliphatic carbocycles. The fraction of sp³-hybridized carbons (Fsp3) is 0.375. The number of ether oxygens (including phenoxy) is 1. The summed E-state index contributed by atoms with van der Waals surface area (Å²) in [5.74, 6) is 2.01. The first-order valence-electron chi connectivity index (χ1n) is 6.45. The molecule has 0 saturated carbocycles. The fourth-order valence-electron chi connectivity index (χ4n) is 1.71. The second-order valence-electron chi connectivity index (χ2n) is 3.87. The maximum absolute atomic E-state index is 5.83. The van der Waals surface area contributed by atoms with Gasteiger partial charge in [-0.1, -0.05) is 43.7 Å². The Balaban J connectivity index is 0.000000686. The third-order valence-electron chi connectivity index (χ3n) is 2.47. The third kappa shape index (κ3) is 4.90. The summed E-state index contributed by atoms with van der Waals surface area (Å²) in [4.78, 5) is 0. The molecule has 1 heteroatoms. The Morgan fingerprint density at radius 3 is 2.47 bits per heavy atom. The van der Waals surface area contributed by atoms with Crippen molar-refractivity contribution in [1.29, 1.82) is 0 Å². The molecule has 1 aromatic carbocycles. The summed E-state index contributed by atoms with van der Waals surface area (Å²) in [5.41, 5.74) is 1.30. The molecule has 0 atom stereocenters. The van der Waals surface area contributed by atoms with Gasteiger partial charge in [0, 0.05) is 6.42 Å². The van der Waals surface area contributed by atoms with Gasteiger partial charge in [-0.15, -0.1) is 0 Å². The van der Waals surface area contributed by atoms with Crippen molar-refractivity contribution in [3.63, 3.8) is 0 Å². The van der Waals surface area contributed by atoms with Crippen LogP contribution in [0.2, 0.25) is 0 Å². The number of para-hydroxylation sites is 1. The van der Waals surface area contributed by atoms with E-state index in [9.17, 15) is 0 Å². The van der Waals surface area contributed by atoms with Crippen LogP contribution in [-0.2, 0) is 0 Å². The number of allylic oxidation sites excluding steroid dienone is 4. The van der Waals surface area contributed by atoms with Crippen LogP contribution in [-0.4, -0.2) is 0 Å². The van der Waals surface area contributed by atoms with E-state index in [2.05, 4.69) is 19.1 Å². The van der Waals surface area contributed by atoms with Crippen molar-refractivity contribution in [1.82, 2.24) is 0 Å². The average molecular weight is 230 g/mol. The molecule has 2 rings (SSSR count). The van der Waals surface area contributed by atoms with Crippen molar-refractivity contribution in [2.75, 3.05) is 0 Å². The van der Waals surface area contributed by atoms with Crippen LogP contribution in [0.5, 0.6) is 5.75 Å². The molecule has 92 valence electrons. The highest BCUT2D eigenvalue weighted by molar-refractivity contribution is 5.27. The average Bonchev–Trinajstić information content (AvgIpc) is 2.57. The van der Waals surface area contributed by atoms with Crippen molar-refractivity contribution in [3.05, 3.63) is 53.8 Å². The SMILES string of the molecule is CC.CC1=CCCCC(Oc2ccccc2)=C1. The number of hydrogen-bond acceptors (Lipinski definition) is 1. The Morgan fingerprint density at radius 2 is 1.76 bits per heavy atom. The summed E-state index contributed by atoms with van der Waals surface area (Å²) in [6, 6.07) is 9.97. The van der Waals surface area contributed by atoms with Crippen LogP contribution in [0.25, 0.3) is 0 Å². The van der Waals surface area contributed by atoms with Gasteiger partial charge < -0.3 is 4.74 Å². The maximum atomic E-state index is 5.83. The van der Waals surface area contributed by atoms with Gasteiger partial charge in [-0.25, -0.2) is 0 Å². The molecule has 0 unspecified atom stereocenters. The van der Waals surface area contributed by atoms with Crippen LogP contribution in [0.15, 0.2) is 53.8 Å². The minimum Gasteiger partial charge on any atom is -0.462 e. The van der Waals surface area contributed by atoms with Gasteiger partial charge in [0.25, 0.3) is 0 Å². The number of hydrogen-bond donors (Lipinski definition) is 0. The summed E-state index contributed by atoms with van der Waals surface area (Å²) >= 11 is 0. The van der Waals surface area contributed by atoms with Gasteiger partial charge in [-0.05, 0) is 38.0 Å². The molecule has 0 spiro atoms. The van der Waals surface area contributed by atoms with Crippen LogP contribution >= 0.6 is 0 Å². The molecular formula is C16H22O. The molecule has 1 aromatic rings. The topological polar surface area (TPSA) is 9.23 Å². The first-order chi connectivity index (χ1) is 8.34. The lowest BCUT2D eigenvalue weighted by Gasteiger charge is -2.08. The maximum Gasteiger partial charge on any atom is 0.126 e. The molecule has 0 radical (unpaired) electrons. The summed E-state index contributed by atoms with van der Waals surface area (Å²) in [6.45, 7) is 6.12. The van der Waals surface area contributed by atoms with Crippen molar-refractivity contribution < 1.29 is 4.74 Å². The molecule has 1 nitrogen and oxygen atoms in total. The van der Waals surface area contributed by atoms with Crippen molar-refractivity contribution in [3.8, 4) is 5.75 Å². The first kappa shape index (κ1) is 13.6. The van der Waals surface area contributed by atoms with Gasteiger partial charge in [-0.2, -0.15) is 0 Å². The summed E-state index contributed by atoms with van der Waals surface area (Å²) in [7, 11) is 0. The van der Waals surface area contributed by atoms with E-state index in [1.807, 2.05) is 44.2 Å². The third-order valence-corrected chi connectivity index (χ3v) is 2.47. The predicted molar refractivity (Wildman–Crippen MR) is 74.1 cm³/mol. The van der Waals surface area contributed by atoms with Gasteiger partial charge in [0.2, 0.25) is 0 Å². The van der Waals surface area contributed by atoms with Crippen LogP contribution in [0.1, 0.15) is 40.0 Å². The molecule has 0 N–H and O–H groups in total. The molecular weight excluding hydrogens is 208 g/mol. The van der Waals surface area contributed by atoms with Gasteiger partial charge in [0.15, 0.2) is 0 Å². The Hall–Kier alpha value is -1.50. The minimum absolute atomic E-state index is 0.929. The van der Waals surface area contributed by atoms with E-state index < -0.39 is 0 Å². The number of benzene rings is 1. The van der Waals surface area contributed by atoms with E-state index in [0.29, 0.717) is 0 Å². The second-order valence-corrected chi connectivity index (χ2v) is 3.87. The van der Waals surface area contributed by atoms with Gasteiger partial charge in [0.05, 0.1) is 0 Å². The first-order valence-corrected chi connectivity index (χ1v) is 6.45. The fourth-order valence-corrected chi connectivity index (χ4v) is 1.71. The number of rotatable bonds is 2. The molecule has 0 aliphatic heterocycles. The highest BCUT2D eigenvalue weighted by Crippen LogP contribution is 2.21. The predicted octanol–water partition coefficient (Wildman–Crippen LogP) is 5.11. The largest absolute Gasteiger partial charge is 0.462 e. The van der Waals surface area contributed by atoms with E-state index >= 15 is 0 Å². The van der Waals surface area contributed by atoms with Crippen LogP contribution in [0.4, 0.5) is 0 Å². The second kappa shape index (κ2) is 7.72. The molecule has 0 aromatic heterocycles. The van der Waals surface area contributed by atoms with E-state index in [4.69, 9.17) is 4.74 Å². The highest BCUT2D eigenvalue weighted by atomic mass is 16.5. The van der Waals surface area contributed by atoms with E-state index in [-0.39, 0.29) is 0 Å². The summed E-state index contributed by atoms with van der Waals surface area (Å²) in [5, 5.41) is 0.